The fourth-order valence-corrected chi connectivity index (χ4v) is 2.14. The van der Waals surface area contributed by atoms with Gasteiger partial charge in [0.15, 0.2) is 0 Å². The zero-order chi connectivity index (χ0) is 13.9. The third kappa shape index (κ3) is 15.8. The van der Waals surface area contributed by atoms with Gasteiger partial charge in [0, 0.05) is 17.6 Å². The van der Waals surface area contributed by atoms with Crippen LogP contribution in [0, 0.1) is 0 Å². The summed E-state index contributed by atoms with van der Waals surface area (Å²) in [6, 6.07) is 0. The molecule has 0 saturated carbocycles. The average Bonchev–Trinajstić information content (AvgIpc) is 2.24. The molecule has 0 rings (SSSR count). The molecule has 5 nitrogen and oxygen atoms in total. The second-order valence-electron chi connectivity index (χ2n) is 4.22. The summed E-state index contributed by atoms with van der Waals surface area (Å²) in [5, 5.41) is 8.44. The molecular weight excluding hydrogens is 276 g/mol. The summed E-state index contributed by atoms with van der Waals surface area (Å²) in [4.78, 5) is 10.2. The van der Waals surface area contributed by atoms with E-state index in [2.05, 4.69) is 15.4 Å². The number of unbranched alkanes of at least 4 members (excludes halogenated alkanes) is 7. The van der Waals surface area contributed by atoms with Crippen molar-refractivity contribution >= 4 is 26.2 Å². The van der Waals surface area contributed by atoms with Gasteiger partial charge in [0.1, 0.15) is 0 Å². The first-order chi connectivity index (χ1) is 8.42. The van der Waals surface area contributed by atoms with Crippen molar-refractivity contribution in [3.05, 3.63) is 0 Å². The Bertz CT molecular complexity index is 313. The molecule has 0 spiro atoms. The van der Waals surface area contributed by atoms with Crippen LogP contribution in [-0.2, 0) is 29.2 Å². The first-order valence-corrected chi connectivity index (χ1v) is 8.62. The van der Waals surface area contributed by atoms with Crippen molar-refractivity contribution in [1.82, 2.24) is 0 Å². The number of rotatable bonds is 12. The monoisotopic (exact) mass is 298 g/mol. The van der Waals surface area contributed by atoms with Crippen molar-refractivity contribution in [1.29, 1.82) is 0 Å². The van der Waals surface area contributed by atoms with Crippen molar-refractivity contribution < 1.29 is 22.8 Å². The Morgan fingerprint density at radius 2 is 1.44 bits per heavy atom. The van der Waals surface area contributed by atoms with Crippen LogP contribution in [0.4, 0.5) is 0 Å². The van der Waals surface area contributed by atoms with Crippen molar-refractivity contribution in [3.8, 4) is 0 Å². The van der Waals surface area contributed by atoms with Gasteiger partial charge in [-0.2, -0.15) is 4.21 Å². The van der Waals surface area contributed by atoms with Crippen molar-refractivity contribution in [2.75, 3.05) is 6.61 Å². The van der Waals surface area contributed by atoms with Crippen LogP contribution in [0.5, 0.6) is 0 Å². The zero-order valence-electron chi connectivity index (χ0n) is 10.5. The lowest BCUT2D eigenvalue weighted by molar-refractivity contribution is -0.137. The molecule has 7 heteroatoms. The number of carbonyl (C=O) groups is 1. The third-order valence-corrected chi connectivity index (χ3v) is 3.27. The van der Waals surface area contributed by atoms with Crippen molar-refractivity contribution in [2.45, 2.75) is 57.8 Å². The summed E-state index contributed by atoms with van der Waals surface area (Å²) in [5.74, 6) is -0.725. The first kappa shape index (κ1) is 17.8. The van der Waals surface area contributed by atoms with Gasteiger partial charge in [-0.3, -0.25) is 13.5 Å². The molecule has 108 valence electrons. The summed E-state index contributed by atoms with van der Waals surface area (Å²) in [7, 11) is -3.45. The molecule has 1 unspecified atom stereocenters. The van der Waals surface area contributed by atoms with Crippen LogP contribution in [0.25, 0.3) is 0 Å². The van der Waals surface area contributed by atoms with Gasteiger partial charge in [-0.1, -0.05) is 38.5 Å². The lowest BCUT2D eigenvalue weighted by atomic mass is 10.1. The fraction of sp³-hybridized carbons (Fsp3) is 0.909. The van der Waals surface area contributed by atoms with Gasteiger partial charge >= 0.3 is 5.97 Å². The maximum Gasteiger partial charge on any atom is 0.303 e. The van der Waals surface area contributed by atoms with E-state index in [1.807, 2.05) is 0 Å². The molecule has 18 heavy (non-hydrogen) atoms. The molecule has 0 fully saturated rings. The van der Waals surface area contributed by atoms with Crippen LogP contribution in [0.2, 0.25) is 0 Å². The molecule has 0 aromatic heterocycles. The lowest BCUT2D eigenvalue weighted by Crippen LogP contribution is -2.03. The van der Waals surface area contributed by atoms with Crippen LogP contribution in [0.3, 0.4) is 0 Å². The number of aliphatic carboxylic acids is 1. The smallest absolute Gasteiger partial charge is 0.303 e. The van der Waals surface area contributed by atoms with Crippen molar-refractivity contribution in [3.63, 3.8) is 0 Å². The molecule has 0 heterocycles. The average molecular weight is 298 g/mol. The van der Waals surface area contributed by atoms with Crippen LogP contribution in [0.15, 0.2) is 0 Å². The second-order valence-corrected chi connectivity index (χ2v) is 6.58. The van der Waals surface area contributed by atoms with E-state index in [4.69, 9.17) is 9.66 Å². The second kappa shape index (κ2) is 10.7. The van der Waals surface area contributed by atoms with Crippen LogP contribution in [0.1, 0.15) is 57.8 Å². The van der Waals surface area contributed by atoms with E-state index >= 15 is 0 Å². The molecule has 0 aliphatic carbocycles. The van der Waals surface area contributed by atoms with Gasteiger partial charge in [-0.05, 0) is 12.8 Å². The van der Waals surface area contributed by atoms with Gasteiger partial charge < -0.3 is 5.11 Å². The highest BCUT2D eigenvalue weighted by Gasteiger charge is 1.99. The minimum atomic E-state index is -3.45. The Balaban J connectivity index is 3.10. The molecule has 0 aliphatic heterocycles. The normalized spacial score (nSPS) is 14.3. The number of hydrogen-bond donors (Lipinski definition) is 2. The van der Waals surface area contributed by atoms with E-state index in [1.165, 1.54) is 0 Å². The van der Waals surface area contributed by atoms with Crippen LogP contribution >= 0.6 is 0 Å². The predicted octanol–water partition coefficient (Wildman–Crippen LogP) is 2.73. The fourth-order valence-electron chi connectivity index (χ4n) is 1.60. The molecular formula is C11H22O5S2. The Hall–Kier alpha value is -0.240. The zero-order valence-corrected chi connectivity index (χ0v) is 12.1. The van der Waals surface area contributed by atoms with Gasteiger partial charge in [0.25, 0.3) is 9.05 Å². The summed E-state index contributed by atoms with van der Waals surface area (Å²) in [5.41, 5.74) is 0. The van der Waals surface area contributed by atoms with Gasteiger partial charge in [0.2, 0.25) is 0 Å². The molecule has 0 aromatic rings. The highest BCUT2D eigenvalue weighted by molar-refractivity contribution is 8.27. The maximum atomic E-state index is 10.6. The van der Waals surface area contributed by atoms with E-state index < -0.39 is 15.0 Å². The lowest BCUT2D eigenvalue weighted by Gasteiger charge is -2.02. The van der Waals surface area contributed by atoms with E-state index in [0.29, 0.717) is 0 Å². The molecule has 0 amide bonds. The van der Waals surface area contributed by atoms with Crippen LogP contribution in [-0.4, -0.2) is 26.4 Å². The number of carboxylic acids is 1. The number of carboxylic acid groups (broad SMARTS) is 1. The summed E-state index contributed by atoms with van der Waals surface area (Å²) in [6.45, 7) is 0.234. The van der Waals surface area contributed by atoms with Gasteiger partial charge in [0.05, 0.1) is 6.61 Å². The third-order valence-electron chi connectivity index (χ3n) is 2.52. The topological polar surface area (TPSA) is 83.8 Å². The van der Waals surface area contributed by atoms with Gasteiger partial charge in [-0.15, -0.1) is 0 Å². The minimum absolute atomic E-state index is 0.234. The van der Waals surface area contributed by atoms with Crippen LogP contribution < -0.4 is 0 Å². The Kier molecular flexibility index (Phi) is 10.5. The standard InChI is InChI=1S/C11H22O5S2/c12-11(13)9-7-5-3-1-2-4-6-8-10-16-18(14,15)17/h1-10H2,(H,12,13)(H,14,15,17). The molecule has 0 aliphatic rings. The number of hydrogen-bond acceptors (Lipinski definition) is 4. The summed E-state index contributed by atoms with van der Waals surface area (Å²) >= 11 is 4.18. The summed E-state index contributed by atoms with van der Waals surface area (Å²) in [6.07, 6.45) is 8.04. The maximum absolute atomic E-state index is 10.6. The summed E-state index contributed by atoms with van der Waals surface area (Å²) < 4.78 is 23.8. The van der Waals surface area contributed by atoms with E-state index in [0.717, 1.165) is 51.4 Å². The molecule has 0 aromatic carbocycles. The SMILES string of the molecule is O=C(O)CCCCCCCCCCOS(=O)(O)=S. The highest BCUT2D eigenvalue weighted by Crippen LogP contribution is 2.09. The van der Waals surface area contributed by atoms with Crippen molar-refractivity contribution in [2.24, 2.45) is 0 Å². The Morgan fingerprint density at radius 3 is 1.89 bits per heavy atom. The molecule has 0 bridgehead atoms. The van der Waals surface area contributed by atoms with E-state index in [-0.39, 0.29) is 13.0 Å². The highest BCUT2D eigenvalue weighted by atomic mass is 32.9. The predicted molar refractivity (Wildman–Crippen MR) is 73.3 cm³/mol. The molecule has 2 N–H and O–H groups in total. The van der Waals surface area contributed by atoms with E-state index in [9.17, 15) is 9.00 Å². The molecule has 0 radical (unpaired) electrons. The molecule has 1 atom stereocenters. The quantitative estimate of drug-likeness (QED) is 0.539. The van der Waals surface area contributed by atoms with Gasteiger partial charge in [-0.25, -0.2) is 0 Å². The largest absolute Gasteiger partial charge is 0.481 e. The Morgan fingerprint density at radius 1 is 1.00 bits per heavy atom. The first-order valence-electron chi connectivity index (χ1n) is 6.25. The molecule has 0 saturated heterocycles. The Labute approximate surface area is 114 Å². The van der Waals surface area contributed by atoms with E-state index in [1.54, 1.807) is 0 Å². The minimum Gasteiger partial charge on any atom is -0.481 e.